The first-order valence-electron chi connectivity index (χ1n) is 6.49. The van der Waals surface area contributed by atoms with Crippen molar-refractivity contribution >= 4 is 21.7 Å². The number of rotatable bonds is 4. The van der Waals surface area contributed by atoms with Gasteiger partial charge in [-0.25, -0.2) is 9.97 Å². The van der Waals surface area contributed by atoms with Gasteiger partial charge in [0.1, 0.15) is 17.9 Å². The van der Waals surface area contributed by atoms with Crippen molar-refractivity contribution in [2.45, 2.75) is 26.7 Å². The lowest BCUT2D eigenvalue weighted by molar-refractivity contribution is 0.449. The molecule has 106 valence electrons. The highest BCUT2D eigenvalue weighted by Crippen LogP contribution is 2.35. The molecule has 0 fully saturated rings. The fraction of sp³-hybridized carbons (Fsp3) is 0.333. The predicted octanol–water partition coefficient (Wildman–Crippen LogP) is 4.50. The fourth-order valence-corrected chi connectivity index (χ4v) is 2.55. The van der Waals surface area contributed by atoms with E-state index in [0.717, 1.165) is 21.6 Å². The quantitative estimate of drug-likeness (QED) is 0.893. The summed E-state index contributed by atoms with van der Waals surface area (Å²) in [7, 11) is 1.85. The number of halogens is 1. The van der Waals surface area contributed by atoms with Gasteiger partial charge in [-0.2, -0.15) is 0 Å². The lowest BCUT2D eigenvalue weighted by Crippen LogP contribution is -2.04. The van der Waals surface area contributed by atoms with Crippen LogP contribution in [0.5, 0.6) is 11.6 Å². The Hall–Kier alpha value is -1.62. The topological polar surface area (TPSA) is 47.0 Å². The number of hydrogen-bond donors (Lipinski definition) is 1. The van der Waals surface area contributed by atoms with Crippen LogP contribution in [-0.2, 0) is 0 Å². The summed E-state index contributed by atoms with van der Waals surface area (Å²) in [5.74, 6) is 2.40. The van der Waals surface area contributed by atoms with E-state index < -0.39 is 0 Å². The molecule has 0 bridgehead atoms. The van der Waals surface area contributed by atoms with E-state index in [9.17, 15) is 0 Å². The number of aromatic nitrogens is 2. The lowest BCUT2D eigenvalue weighted by atomic mass is 10.1. The normalized spacial score (nSPS) is 10.7. The minimum Gasteiger partial charge on any atom is -0.437 e. The van der Waals surface area contributed by atoms with Gasteiger partial charge in [-0.15, -0.1) is 0 Å². The fourth-order valence-electron chi connectivity index (χ4n) is 1.97. The zero-order valence-electron chi connectivity index (χ0n) is 12.1. The maximum atomic E-state index is 5.96. The van der Waals surface area contributed by atoms with E-state index in [-0.39, 0.29) is 5.92 Å². The first kappa shape index (κ1) is 14.8. The Balaban J connectivity index is 2.43. The van der Waals surface area contributed by atoms with Crippen molar-refractivity contribution < 1.29 is 4.74 Å². The molecule has 1 heterocycles. The second-order valence-electron chi connectivity index (χ2n) is 4.88. The zero-order chi connectivity index (χ0) is 14.7. The van der Waals surface area contributed by atoms with E-state index >= 15 is 0 Å². The molecule has 2 rings (SSSR count). The van der Waals surface area contributed by atoms with Crippen LogP contribution in [0.3, 0.4) is 0 Å². The molecule has 1 N–H and O–H groups in total. The summed E-state index contributed by atoms with van der Waals surface area (Å²) in [4.78, 5) is 8.52. The van der Waals surface area contributed by atoms with E-state index in [1.165, 1.54) is 11.9 Å². The molecule has 0 spiro atoms. The number of nitrogens with one attached hydrogen (secondary N) is 1. The smallest absolute Gasteiger partial charge is 0.227 e. The van der Waals surface area contributed by atoms with Gasteiger partial charge in [0.15, 0.2) is 0 Å². The van der Waals surface area contributed by atoms with Crippen LogP contribution in [0.1, 0.15) is 30.9 Å². The second-order valence-corrected chi connectivity index (χ2v) is 5.74. The molecule has 1 aromatic heterocycles. The maximum Gasteiger partial charge on any atom is 0.227 e. The molecular weight excluding hydrogens is 318 g/mol. The van der Waals surface area contributed by atoms with Gasteiger partial charge >= 0.3 is 0 Å². The Bertz CT molecular complexity index is 614. The molecule has 20 heavy (non-hydrogen) atoms. The largest absolute Gasteiger partial charge is 0.437 e. The van der Waals surface area contributed by atoms with Crippen LogP contribution in [0, 0.1) is 6.92 Å². The number of anilines is 1. The Morgan fingerprint density at radius 3 is 2.60 bits per heavy atom. The standard InChI is InChI=1S/C15H18BrN3O/c1-9(2)13-14(17-4)18-8-19-15(13)20-12-6-5-10(3)7-11(12)16/h5-9H,1-4H3,(H,17,18,19). The highest BCUT2D eigenvalue weighted by molar-refractivity contribution is 9.10. The number of ether oxygens (including phenoxy) is 1. The second kappa shape index (κ2) is 6.22. The van der Waals surface area contributed by atoms with Crippen LogP contribution >= 0.6 is 15.9 Å². The van der Waals surface area contributed by atoms with Crippen LogP contribution < -0.4 is 10.1 Å². The molecule has 0 radical (unpaired) electrons. The van der Waals surface area contributed by atoms with Crippen molar-refractivity contribution in [2.75, 3.05) is 12.4 Å². The van der Waals surface area contributed by atoms with E-state index in [1.807, 2.05) is 32.2 Å². The van der Waals surface area contributed by atoms with Gasteiger partial charge < -0.3 is 10.1 Å². The summed E-state index contributed by atoms with van der Waals surface area (Å²) in [5, 5.41) is 3.08. The van der Waals surface area contributed by atoms with E-state index in [0.29, 0.717) is 5.88 Å². The summed E-state index contributed by atoms with van der Waals surface area (Å²) in [6, 6.07) is 5.96. The third kappa shape index (κ3) is 3.10. The van der Waals surface area contributed by atoms with E-state index in [2.05, 4.69) is 45.1 Å². The molecule has 0 aliphatic heterocycles. The average Bonchev–Trinajstić information content (AvgIpc) is 2.41. The Labute approximate surface area is 127 Å². The molecule has 0 unspecified atom stereocenters. The molecule has 1 aromatic carbocycles. The predicted molar refractivity (Wildman–Crippen MR) is 84.6 cm³/mol. The van der Waals surface area contributed by atoms with Crippen molar-refractivity contribution in [2.24, 2.45) is 0 Å². The monoisotopic (exact) mass is 335 g/mol. The van der Waals surface area contributed by atoms with Gasteiger partial charge in [-0.1, -0.05) is 19.9 Å². The molecule has 2 aromatic rings. The van der Waals surface area contributed by atoms with Gasteiger partial charge in [-0.3, -0.25) is 0 Å². The molecule has 0 aliphatic carbocycles. The Kier molecular flexibility index (Phi) is 4.60. The van der Waals surface area contributed by atoms with Crippen LogP contribution in [0.25, 0.3) is 0 Å². The average molecular weight is 336 g/mol. The Morgan fingerprint density at radius 2 is 2.00 bits per heavy atom. The maximum absolute atomic E-state index is 5.96. The van der Waals surface area contributed by atoms with Crippen molar-refractivity contribution in [3.05, 3.63) is 40.1 Å². The SMILES string of the molecule is CNc1ncnc(Oc2ccc(C)cc2Br)c1C(C)C. The van der Waals surface area contributed by atoms with E-state index in [4.69, 9.17) is 4.74 Å². The molecule has 0 saturated heterocycles. The van der Waals surface area contributed by atoms with Gasteiger partial charge in [-0.05, 0) is 46.5 Å². The summed E-state index contributed by atoms with van der Waals surface area (Å²) in [6.45, 7) is 6.23. The van der Waals surface area contributed by atoms with Crippen LogP contribution in [0.4, 0.5) is 5.82 Å². The third-order valence-electron chi connectivity index (χ3n) is 2.96. The summed E-state index contributed by atoms with van der Waals surface area (Å²) in [5.41, 5.74) is 2.15. The van der Waals surface area contributed by atoms with Crippen molar-refractivity contribution in [3.63, 3.8) is 0 Å². The molecular formula is C15H18BrN3O. The molecule has 4 nitrogen and oxygen atoms in total. The molecule has 0 saturated carbocycles. The minimum absolute atomic E-state index is 0.262. The summed E-state index contributed by atoms with van der Waals surface area (Å²) < 4.78 is 6.87. The van der Waals surface area contributed by atoms with Crippen molar-refractivity contribution in [3.8, 4) is 11.6 Å². The van der Waals surface area contributed by atoms with Gasteiger partial charge in [0.2, 0.25) is 5.88 Å². The number of nitrogens with zero attached hydrogens (tertiary/aromatic N) is 2. The molecule has 5 heteroatoms. The molecule has 0 aliphatic rings. The van der Waals surface area contributed by atoms with Crippen molar-refractivity contribution in [1.82, 2.24) is 9.97 Å². The molecule has 0 atom stereocenters. The third-order valence-corrected chi connectivity index (χ3v) is 3.58. The Morgan fingerprint density at radius 1 is 1.25 bits per heavy atom. The number of hydrogen-bond acceptors (Lipinski definition) is 4. The first-order valence-corrected chi connectivity index (χ1v) is 7.29. The van der Waals surface area contributed by atoms with Gasteiger partial charge in [0.25, 0.3) is 0 Å². The lowest BCUT2D eigenvalue weighted by Gasteiger charge is -2.16. The van der Waals surface area contributed by atoms with Crippen LogP contribution in [0.2, 0.25) is 0 Å². The van der Waals surface area contributed by atoms with E-state index in [1.54, 1.807) is 0 Å². The van der Waals surface area contributed by atoms with Gasteiger partial charge in [0.05, 0.1) is 10.0 Å². The highest BCUT2D eigenvalue weighted by atomic mass is 79.9. The summed E-state index contributed by atoms with van der Waals surface area (Å²) in [6.07, 6.45) is 1.51. The van der Waals surface area contributed by atoms with Gasteiger partial charge in [0, 0.05) is 7.05 Å². The number of benzene rings is 1. The highest BCUT2D eigenvalue weighted by Gasteiger charge is 2.16. The minimum atomic E-state index is 0.262. The van der Waals surface area contributed by atoms with Crippen LogP contribution in [-0.4, -0.2) is 17.0 Å². The zero-order valence-corrected chi connectivity index (χ0v) is 13.7. The molecule has 0 amide bonds. The van der Waals surface area contributed by atoms with Crippen molar-refractivity contribution in [1.29, 1.82) is 0 Å². The number of aryl methyl sites for hydroxylation is 1. The van der Waals surface area contributed by atoms with Crippen LogP contribution in [0.15, 0.2) is 29.0 Å². The first-order chi connectivity index (χ1) is 9.52. The summed E-state index contributed by atoms with van der Waals surface area (Å²) >= 11 is 3.52.